The molecule has 4 unspecified atom stereocenters. The number of alkyl halides is 2. The molecule has 2 amide bonds. The Morgan fingerprint density at radius 1 is 1.08 bits per heavy atom. The van der Waals surface area contributed by atoms with Crippen LogP contribution in [-0.2, 0) is 25.6 Å². The average molecular weight is 724 g/mol. The zero-order chi connectivity index (χ0) is 36.5. The Labute approximate surface area is 302 Å². The van der Waals surface area contributed by atoms with Crippen LogP contribution in [0.2, 0.25) is 0 Å². The largest absolute Gasteiger partial charge is 0.494 e. The molecule has 0 bridgehead atoms. The van der Waals surface area contributed by atoms with Gasteiger partial charge in [-0.25, -0.2) is 0 Å². The molecule has 3 heterocycles. The van der Waals surface area contributed by atoms with E-state index in [2.05, 4.69) is 35.4 Å². The first-order valence-electron chi connectivity index (χ1n) is 16.8. The second kappa shape index (κ2) is 12.6. The number of rotatable bonds is 7. The van der Waals surface area contributed by atoms with Gasteiger partial charge >= 0.3 is 5.97 Å². The number of fused-ring (bicyclic) bond motifs is 4. The molecule has 3 aromatic rings. The summed E-state index contributed by atoms with van der Waals surface area (Å²) in [5.74, 6) is 1.06. The molecular formula is C38H44Cl2N4O6. The number of nitrogens with zero attached hydrogens (tertiary/aromatic N) is 2. The van der Waals surface area contributed by atoms with Crippen molar-refractivity contribution < 1.29 is 28.7 Å². The van der Waals surface area contributed by atoms with E-state index in [4.69, 9.17) is 25.9 Å². The van der Waals surface area contributed by atoms with Crippen molar-refractivity contribution in [3.8, 4) is 11.5 Å². The number of hydrogen-bond acceptors (Lipinski definition) is 7. The maximum absolute atomic E-state index is 14.5. The van der Waals surface area contributed by atoms with Gasteiger partial charge in [-0.15, -0.1) is 23.2 Å². The molecular weight excluding hydrogens is 679 g/mol. The number of ether oxygens (including phenoxy) is 2. The molecule has 2 aliphatic heterocycles. The van der Waals surface area contributed by atoms with E-state index in [0.29, 0.717) is 42.5 Å². The van der Waals surface area contributed by atoms with Crippen molar-refractivity contribution in [1.29, 1.82) is 0 Å². The number of nitrogens with one attached hydrogen (secondary N) is 2. The Morgan fingerprint density at radius 2 is 1.70 bits per heavy atom. The Hall–Kier alpha value is -4.02. The number of carbonyl (C=O) groups excluding carboxylic acids is 4. The lowest BCUT2D eigenvalue weighted by Gasteiger charge is -2.37. The number of amides is 2. The second-order valence-electron chi connectivity index (χ2n) is 14.0. The van der Waals surface area contributed by atoms with Gasteiger partial charge in [0.25, 0.3) is 0 Å². The van der Waals surface area contributed by atoms with Crippen molar-refractivity contribution in [2.45, 2.75) is 59.3 Å². The van der Waals surface area contributed by atoms with Crippen LogP contribution in [0.5, 0.6) is 11.5 Å². The molecule has 2 N–H and O–H groups in total. The normalized spacial score (nSPS) is 25.7. The molecule has 3 fully saturated rings. The van der Waals surface area contributed by atoms with E-state index in [1.807, 2.05) is 29.0 Å². The average Bonchev–Trinajstić information content (AvgIpc) is 3.47. The zero-order valence-electron chi connectivity index (χ0n) is 29.6. The van der Waals surface area contributed by atoms with Crippen LogP contribution in [0.3, 0.4) is 0 Å². The topological polar surface area (TPSA) is 121 Å². The number of carbonyl (C=O) groups is 4. The van der Waals surface area contributed by atoms with Crippen molar-refractivity contribution in [1.82, 2.24) is 4.98 Å². The summed E-state index contributed by atoms with van der Waals surface area (Å²) in [4.78, 5) is 56.8. The summed E-state index contributed by atoms with van der Waals surface area (Å²) < 4.78 is 11.3. The lowest BCUT2D eigenvalue weighted by Crippen LogP contribution is -2.49. The van der Waals surface area contributed by atoms with Crippen LogP contribution in [0.4, 0.5) is 17.1 Å². The predicted molar refractivity (Wildman–Crippen MR) is 198 cm³/mol. The SMILES string of the molecule is C=C(C)c1c(NC)c(OC(C)=O)cc2c1C(CCl)CN2C(=O)C12CC3(C(=O)N4CCc5c4cc(OC)c4[nH]cc(C)c54)CC13C2.CC=O.CCl. The number of aldehydes is 1. The summed E-state index contributed by atoms with van der Waals surface area (Å²) >= 11 is 11.2. The third kappa shape index (κ3) is 4.66. The van der Waals surface area contributed by atoms with E-state index in [0.717, 1.165) is 70.2 Å². The van der Waals surface area contributed by atoms with Crippen molar-refractivity contribution in [3.63, 3.8) is 0 Å². The van der Waals surface area contributed by atoms with E-state index in [1.54, 1.807) is 20.2 Å². The standard InChI is InChI=1S/C35H37ClN4O5.C2H4O.CH3Cl/c1-17(2)26-28-20(11-36)13-40(23(28)10-25(29(26)37-5)45-19(4)41)32(43)34-14-33(15-35(33,34)16-34)31(42)39-8-7-21-22(39)9-24(44-6)30-27(21)18(3)12-38-30;1-2-3;1-2/h9-10,12,20,37-38H,1,7-8,11,13-16H2,2-6H3;2H,1H3;1H3. The Morgan fingerprint density at radius 3 is 2.24 bits per heavy atom. The van der Waals surface area contributed by atoms with Gasteiger partial charge in [0.2, 0.25) is 11.8 Å². The van der Waals surface area contributed by atoms with Crippen LogP contribution in [0.25, 0.3) is 16.5 Å². The minimum Gasteiger partial charge on any atom is -0.494 e. The maximum Gasteiger partial charge on any atom is 0.308 e. The van der Waals surface area contributed by atoms with E-state index >= 15 is 0 Å². The third-order valence-corrected chi connectivity index (χ3v) is 11.9. The highest BCUT2D eigenvalue weighted by atomic mass is 35.5. The van der Waals surface area contributed by atoms with Gasteiger partial charge in [-0.2, -0.15) is 0 Å². The third-order valence-electron chi connectivity index (χ3n) is 11.5. The van der Waals surface area contributed by atoms with Crippen LogP contribution in [-0.4, -0.2) is 68.6 Å². The zero-order valence-corrected chi connectivity index (χ0v) is 31.2. The molecule has 10 nitrogen and oxygen atoms in total. The second-order valence-corrected chi connectivity index (χ2v) is 14.3. The first kappa shape index (κ1) is 35.8. The number of anilines is 3. The molecule has 5 aliphatic rings. The number of aryl methyl sites for hydroxylation is 1. The van der Waals surface area contributed by atoms with E-state index in [9.17, 15) is 14.4 Å². The predicted octanol–water partition coefficient (Wildman–Crippen LogP) is 6.97. The minimum atomic E-state index is -0.546. The minimum absolute atomic E-state index is 0.0455. The Bertz CT molecular complexity index is 1970. The maximum atomic E-state index is 14.5. The molecule has 0 radical (unpaired) electrons. The van der Waals surface area contributed by atoms with Gasteiger partial charge in [-0.1, -0.05) is 6.58 Å². The Balaban J connectivity index is 0.000000822. The van der Waals surface area contributed by atoms with Gasteiger partial charge in [0.05, 0.1) is 40.5 Å². The molecule has 0 saturated heterocycles. The van der Waals surface area contributed by atoms with Crippen LogP contribution in [0.1, 0.15) is 68.2 Å². The van der Waals surface area contributed by atoms with Crippen molar-refractivity contribution >= 4 is 80.8 Å². The molecule has 2 aromatic carbocycles. The highest BCUT2D eigenvalue weighted by Gasteiger charge is 3.01. The number of aromatic nitrogens is 1. The Kier molecular flexibility index (Phi) is 9.05. The summed E-state index contributed by atoms with van der Waals surface area (Å²) in [6.45, 7) is 12.1. The van der Waals surface area contributed by atoms with Crippen molar-refractivity contribution in [2.75, 3.05) is 54.6 Å². The fourth-order valence-electron chi connectivity index (χ4n) is 9.58. The fraction of sp³-hybridized carbons (Fsp3) is 0.474. The molecule has 266 valence electrons. The smallest absolute Gasteiger partial charge is 0.308 e. The first-order valence-corrected chi connectivity index (χ1v) is 18.1. The lowest BCUT2D eigenvalue weighted by atomic mass is 9.72. The number of allylic oxidation sites excluding steroid dienone is 1. The van der Waals surface area contributed by atoms with Gasteiger partial charge in [0, 0.05) is 79.9 Å². The number of methoxy groups -OCH3 is 1. The summed E-state index contributed by atoms with van der Waals surface area (Å²) in [5, 5.41) is 4.31. The lowest BCUT2D eigenvalue weighted by molar-refractivity contribution is -0.134. The van der Waals surface area contributed by atoms with Crippen molar-refractivity contribution in [2.24, 2.45) is 16.2 Å². The molecule has 4 atom stereocenters. The summed E-state index contributed by atoms with van der Waals surface area (Å²) in [6.07, 6.45) is 7.03. The highest BCUT2D eigenvalue weighted by Crippen LogP contribution is 3.01. The van der Waals surface area contributed by atoms with Crippen LogP contribution in [0.15, 0.2) is 24.9 Å². The quantitative estimate of drug-likeness (QED) is 0.117. The molecule has 3 aliphatic carbocycles. The van der Waals surface area contributed by atoms with E-state index in [1.165, 1.54) is 25.8 Å². The van der Waals surface area contributed by atoms with Crippen LogP contribution in [0, 0.1) is 23.2 Å². The van der Waals surface area contributed by atoms with Gasteiger partial charge in [-0.3, -0.25) is 14.4 Å². The van der Waals surface area contributed by atoms with Crippen LogP contribution >= 0.6 is 23.2 Å². The summed E-state index contributed by atoms with van der Waals surface area (Å²) in [7, 11) is 3.43. The van der Waals surface area contributed by atoms with E-state index < -0.39 is 16.8 Å². The number of aromatic amines is 1. The molecule has 1 spiro atoms. The van der Waals surface area contributed by atoms with Gasteiger partial charge in [0.15, 0.2) is 5.75 Å². The molecule has 3 saturated carbocycles. The summed E-state index contributed by atoms with van der Waals surface area (Å²) in [5.41, 5.74) is 6.84. The highest BCUT2D eigenvalue weighted by molar-refractivity contribution is 6.19. The van der Waals surface area contributed by atoms with Gasteiger partial charge in [0.1, 0.15) is 12.0 Å². The molecule has 12 heteroatoms. The number of halogens is 2. The summed E-state index contributed by atoms with van der Waals surface area (Å²) in [6, 6.07) is 3.77. The van der Waals surface area contributed by atoms with Gasteiger partial charge in [-0.05, 0) is 68.7 Å². The molecule has 8 rings (SSSR count). The first-order chi connectivity index (χ1) is 23.9. The van der Waals surface area contributed by atoms with Crippen molar-refractivity contribution in [3.05, 3.63) is 47.2 Å². The fourth-order valence-corrected chi connectivity index (χ4v) is 9.83. The number of benzene rings is 2. The number of H-pyrrole nitrogens is 1. The van der Waals surface area contributed by atoms with E-state index in [-0.39, 0.29) is 23.1 Å². The van der Waals surface area contributed by atoms with Gasteiger partial charge < -0.3 is 34.4 Å². The molecule has 1 aromatic heterocycles. The van der Waals surface area contributed by atoms with Crippen LogP contribution < -0.4 is 24.6 Å². The number of hydrogen-bond donors (Lipinski definition) is 2. The molecule has 50 heavy (non-hydrogen) atoms. The monoisotopic (exact) mass is 722 g/mol. The number of esters is 1.